The molecule has 7 heteroatoms. The van der Waals surface area contributed by atoms with Gasteiger partial charge in [-0.15, -0.1) is 0 Å². The van der Waals surface area contributed by atoms with Crippen molar-refractivity contribution in [2.75, 3.05) is 19.8 Å². The third-order valence-corrected chi connectivity index (χ3v) is 7.38. The van der Waals surface area contributed by atoms with Crippen molar-refractivity contribution < 1.29 is 22.7 Å². The highest BCUT2D eigenvalue weighted by Crippen LogP contribution is 2.34. The maximum absolute atomic E-state index is 13.0. The number of fused-ring (bicyclic) bond motifs is 1. The van der Waals surface area contributed by atoms with E-state index in [2.05, 4.69) is 26.1 Å². The number of carbonyl (C=O) groups excluding carboxylic acids is 1. The maximum atomic E-state index is 13.0. The number of nitrogens with one attached hydrogen (secondary N) is 1. The van der Waals surface area contributed by atoms with Crippen LogP contribution in [-0.2, 0) is 28.7 Å². The number of rotatable bonds is 4. The third kappa shape index (κ3) is 7.70. The fraction of sp³-hybridized carbons (Fsp3) is 0.741. The van der Waals surface area contributed by atoms with Gasteiger partial charge in [-0.3, -0.25) is 4.79 Å². The van der Waals surface area contributed by atoms with E-state index in [0.717, 1.165) is 69.3 Å². The first-order valence-electron chi connectivity index (χ1n) is 13.0. The van der Waals surface area contributed by atoms with E-state index in [9.17, 15) is 18.0 Å². The summed E-state index contributed by atoms with van der Waals surface area (Å²) in [6.45, 7) is 9.14. The fourth-order valence-electron chi connectivity index (χ4n) is 4.94. The zero-order valence-electron chi connectivity index (χ0n) is 20.9. The second-order valence-corrected chi connectivity index (χ2v) is 10.4. The van der Waals surface area contributed by atoms with Gasteiger partial charge in [0.15, 0.2) is 0 Å². The monoisotopic (exact) mass is 482 g/mol. The van der Waals surface area contributed by atoms with Crippen molar-refractivity contribution in [2.45, 2.75) is 96.9 Å². The minimum atomic E-state index is -4.35. The van der Waals surface area contributed by atoms with Gasteiger partial charge in [-0.05, 0) is 74.1 Å². The first-order valence-corrected chi connectivity index (χ1v) is 13.0. The molecule has 1 N–H and O–H groups in total. The Morgan fingerprint density at radius 3 is 2.59 bits per heavy atom. The number of hydrogen-bond acceptors (Lipinski definition) is 3. The van der Waals surface area contributed by atoms with Crippen molar-refractivity contribution in [1.82, 2.24) is 10.2 Å². The van der Waals surface area contributed by atoms with E-state index in [1.54, 1.807) is 11.0 Å². The molecule has 34 heavy (non-hydrogen) atoms. The van der Waals surface area contributed by atoms with Gasteiger partial charge in [-0.25, -0.2) is 0 Å². The van der Waals surface area contributed by atoms with Crippen LogP contribution in [0.5, 0.6) is 0 Å². The van der Waals surface area contributed by atoms with Gasteiger partial charge in [0.25, 0.3) is 0 Å². The molecule has 1 aromatic carbocycles. The minimum absolute atomic E-state index is 0.0260. The molecule has 1 aliphatic carbocycles. The third-order valence-electron chi connectivity index (χ3n) is 7.38. The van der Waals surface area contributed by atoms with Crippen LogP contribution in [0.3, 0.4) is 0 Å². The lowest BCUT2D eigenvalue weighted by atomic mass is 9.95. The van der Waals surface area contributed by atoms with Crippen LogP contribution in [0.1, 0.15) is 82.4 Å². The molecule has 0 bridgehead atoms. The Labute approximate surface area is 202 Å². The van der Waals surface area contributed by atoms with Crippen LogP contribution >= 0.6 is 0 Å². The normalized spacial score (nSPS) is 25.4. The molecule has 1 saturated heterocycles. The average molecular weight is 483 g/mol. The molecule has 1 saturated carbocycles. The van der Waals surface area contributed by atoms with Crippen LogP contribution in [0.2, 0.25) is 0 Å². The van der Waals surface area contributed by atoms with Crippen LogP contribution in [-0.4, -0.2) is 42.6 Å². The quantitative estimate of drug-likeness (QED) is 0.575. The largest absolute Gasteiger partial charge is 0.416 e. The van der Waals surface area contributed by atoms with Gasteiger partial charge in [-0.2, -0.15) is 13.2 Å². The molecule has 1 aromatic rings. The molecule has 1 amide bonds. The zero-order valence-corrected chi connectivity index (χ0v) is 20.9. The van der Waals surface area contributed by atoms with Crippen LogP contribution in [0.15, 0.2) is 18.2 Å². The zero-order chi connectivity index (χ0) is 24.7. The molecule has 2 aliphatic heterocycles. The van der Waals surface area contributed by atoms with E-state index >= 15 is 0 Å². The summed E-state index contributed by atoms with van der Waals surface area (Å²) in [7, 11) is 0. The molecule has 192 valence electrons. The summed E-state index contributed by atoms with van der Waals surface area (Å²) in [5, 5.41) is 3.71. The SMILES string of the molecule is CCC(C)C.O=C(C1CCC(NC2CCCOCC2)C1)N1CCc2ccc(C(F)(F)F)cc2C1. The molecule has 3 aliphatic rings. The molecule has 0 radical (unpaired) electrons. The van der Waals surface area contributed by atoms with Gasteiger partial charge in [0, 0.05) is 44.3 Å². The summed E-state index contributed by atoms with van der Waals surface area (Å²) < 4.78 is 44.6. The molecule has 0 spiro atoms. The maximum Gasteiger partial charge on any atom is 0.416 e. The van der Waals surface area contributed by atoms with Crippen molar-refractivity contribution in [3.05, 3.63) is 34.9 Å². The smallest absolute Gasteiger partial charge is 0.381 e. The van der Waals surface area contributed by atoms with Gasteiger partial charge in [0.2, 0.25) is 5.91 Å². The Morgan fingerprint density at radius 2 is 1.88 bits per heavy atom. The first kappa shape index (κ1) is 27.0. The molecular formula is C27H41F3N2O2. The van der Waals surface area contributed by atoms with E-state index < -0.39 is 11.7 Å². The van der Waals surface area contributed by atoms with Crippen molar-refractivity contribution in [3.8, 4) is 0 Å². The number of nitrogens with zero attached hydrogens (tertiary/aromatic N) is 1. The highest BCUT2D eigenvalue weighted by Gasteiger charge is 2.36. The van der Waals surface area contributed by atoms with Gasteiger partial charge >= 0.3 is 6.18 Å². The summed E-state index contributed by atoms with van der Waals surface area (Å²) in [5.41, 5.74) is 0.914. The molecule has 2 fully saturated rings. The Hall–Kier alpha value is -1.60. The molecule has 0 aromatic heterocycles. The van der Waals surface area contributed by atoms with Crippen molar-refractivity contribution >= 4 is 5.91 Å². The van der Waals surface area contributed by atoms with E-state index in [-0.39, 0.29) is 18.4 Å². The summed E-state index contributed by atoms with van der Waals surface area (Å²) in [5.74, 6) is 0.957. The van der Waals surface area contributed by atoms with Crippen molar-refractivity contribution in [3.63, 3.8) is 0 Å². The predicted molar refractivity (Wildman–Crippen MR) is 128 cm³/mol. The second-order valence-electron chi connectivity index (χ2n) is 10.4. The summed E-state index contributed by atoms with van der Waals surface area (Å²) >= 11 is 0. The fourth-order valence-corrected chi connectivity index (χ4v) is 4.94. The number of amides is 1. The van der Waals surface area contributed by atoms with E-state index in [1.807, 2.05) is 0 Å². The number of halogens is 3. The van der Waals surface area contributed by atoms with Gasteiger partial charge in [0.05, 0.1) is 5.56 Å². The number of alkyl halides is 3. The number of hydrogen-bond donors (Lipinski definition) is 1. The van der Waals surface area contributed by atoms with E-state index in [1.165, 1.54) is 12.5 Å². The molecule has 4 nitrogen and oxygen atoms in total. The highest BCUT2D eigenvalue weighted by molar-refractivity contribution is 5.79. The molecule has 2 heterocycles. The second kappa shape index (κ2) is 12.4. The lowest BCUT2D eigenvalue weighted by Gasteiger charge is -2.31. The predicted octanol–water partition coefficient (Wildman–Crippen LogP) is 5.97. The number of ether oxygens (including phenoxy) is 1. The van der Waals surface area contributed by atoms with Crippen LogP contribution in [0, 0.1) is 11.8 Å². The van der Waals surface area contributed by atoms with Gasteiger partial charge in [0.1, 0.15) is 0 Å². The number of carbonyl (C=O) groups is 1. The summed E-state index contributed by atoms with van der Waals surface area (Å²) in [6, 6.07) is 4.72. The van der Waals surface area contributed by atoms with Crippen molar-refractivity contribution in [2.24, 2.45) is 11.8 Å². The summed E-state index contributed by atoms with van der Waals surface area (Å²) in [6.07, 6.45) is 3.42. The van der Waals surface area contributed by atoms with Gasteiger partial charge in [-0.1, -0.05) is 33.3 Å². The van der Waals surface area contributed by atoms with Crippen molar-refractivity contribution in [1.29, 1.82) is 0 Å². The first-order chi connectivity index (χ1) is 16.2. The molecular weight excluding hydrogens is 441 g/mol. The van der Waals surface area contributed by atoms with Gasteiger partial charge < -0.3 is 15.0 Å². The molecule has 3 unspecified atom stereocenters. The average Bonchev–Trinajstić information content (AvgIpc) is 3.12. The lowest BCUT2D eigenvalue weighted by molar-refractivity contribution is -0.137. The Morgan fingerprint density at radius 1 is 1.12 bits per heavy atom. The highest BCUT2D eigenvalue weighted by atomic mass is 19.4. The van der Waals surface area contributed by atoms with Crippen LogP contribution in [0.25, 0.3) is 0 Å². The van der Waals surface area contributed by atoms with E-state index in [4.69, 9.17) is 4.74 Å². The number of benzene rings is 1. The van der Waals surface area contributed by atoms with Crippen LogP contribution < -0.4 is 5.32 Å². The topological polar surface area (TPSA) is 41.6 Å². The standard InChI is InChI=1S/C22H29F3N2O2.C5H12/c23-22(24,25)18-5-3-15-7-9-27(14-17(15)12-18)21(28)16-4-6-20(13-16)26-19-2-1-10-29-11-8-19;1-4-5(2)3/h3,5,12,16,19-20,26H,1-2,4,6-11,13-14H2;5H,4H2,1-3H3. The Bertz CT molecular complexity index is 789. The summed E-state index contributed by atoms with van der Waals surface area (Å²) in [4.78, 5) is 14.8. The van der Waals surface area contributed by atoms with E-state index in [0.29, 0.717) is 30.6 Å². The lowest BCUT2D eigenvalue weighted by Crippen LogP contribution is -2.41. The Balaban J connectivity index is 0.000000588. The minimum Gasteiger partial charge on any atom is -0.381 e. The molecule has 3 atom stereocenters. The Kier molecular flexibility index (Phi) is 9.84. The van der Waals surface area contributed by atoms with Crippen LogP contribution in [0.4, 0.5) is 13.2 Å². The molecule has 4 rings (SSSR count).